The summed E-state index contributed by atoms with van der Waals surface area (Å²) in [6, 6.07) is 3.54. The number of methoxy groups -OCH3 is 1. The molecule has 1 fully saturated rings. The summed E-state index contributed by atoms with van der Waals surface area (Å²) in [5.74, 6) is -1.56. The van der Waals surface area contributed by atoms with Crippen LogP contribution in [0.3, 0.4) is 0 Å². The van der Waals surface area contributed by atoms with Crippen LogP contribution in [0.2, 0.25) is 0 Å². The number of anilines is 1. The second-order valence-electron chi connectivity index (χ2n) is 5.12. The second-order valence-corrected chi connectivity index (χ2v) is 5.12. The maximum atomic E-state index is 13.2. The molecule has 3 N–H and O–H groups in total. The van der Waals surface area contributed by atoms with Crippen molar-refractivity contribution < 1.29 is 18.7 Å². The van der Waals surface area contributed by atoms with Crippen LogP contribution >= 0.6 is 0 Å². The predicted molar refractivity (Wildman–Crippen MR) is 71.8 cm³/mol. The lowest BCUT2D eigenvalue weighted by atomic mass is 9.75. The molecule has 108 valence electrons. The number of carbonyl (C=O) groups is 2. The third-order valence-corrected chi connectivity index (χ3v) is 3.52. The third kappa shape index (κ3) is 3.14. The Bertz CT molecular complexity index is 541. The zero-order valence-electron chi connectivity index (χ0n) is 11.2. The number of esters is 1. The first kappa shape index (κ1) is 14.5. The minimum Gasteiger partial charge on any atom is -0.465 e. The second kappa shape index (κ2) is 5.58. The number of hydrogen-bond acceptors (Lipinski definition) is 4. The Hall–Kier alpha value is -1.95. The molecule has 6 heteroatoms. The van der Waals surface area contributed by atoms with Crippen LogP contribution in [0.5, 0.6) is 0 Å². The Kier molecular flexibility index (Phi) is 4.04. The Labute approximate surface area is 116 Å². The topological polar surface area (TPSA) is 81.4 Å². The summed E-state index contributed by atoms with van der Waals surface area (Å²) < 4.78 is 17.7. The van der Waals surface area contributed by atoms with Crippen molar-refractivity contribution in [1.29, 1.82) is 0 Å². The van der Waals surface area contributed by atoms with Crippen molar-refractivity contribution in [3.8, 4) is 0 Å². The van der Waals surface area contributed by atoms with E-state index in [1.54, 1.807) is 0 Å². The molecular formula is C14H17FN2O3. The van der Waals surface area contributed by atoms with Crippen LogP contribution in [-0.4, -0.2) is 24.5 Å². The van der Waals surface area contributed by atoms with E-state index in [1.165, 1.54) is 19.2 Å². The van der Waals surface area contributed by atoms with Gasteiger partial charge in [0.05, 0.1) is 18.4 Å². The monoisotopic (exact) mass is 280 g/mol. The molecule has 0 atom stereocenters. The zero-order chi connectivity index (χ0) is 14.8. The highest BCUT2D eigenvalue weighted by atomic mass is 19.1. The third-order valence-electron chi connectivity index (χ3n) is 3.52. The molecule has 1 aromatic rings. The molecule has 0 unspecified atom stereocenters. The Morgan fingerprint density at radius 2 is 2.15 bits per heavy atom. The SMILES string of the molecule is COC(=O)c1cc(F)ccc1NC(=O)CC1(N)CCC1. The zero-order valence-corrected chi connectivity index (χ0v) is 11.2. The van der Waals surface area contributed by atoms with Gasteiger partial charge in [0.25, 0.3) is 0 Å². The maximum Gasteiger partial charge on any atom is 0.340 e. The van der Waals surface area contributed by atoms with Gasteiger partial charge in [-0.1, -0.05) is 0 Å². The predicted octanol–water partition coefficient (Wildman–Crippen LogP) is 1.82. The highest BCUT2D eigenvalue weighted by Gasteiger charge is 2.34. The van der Waals surface area contributed by atoms with Gasteiger partial charge < -0.3 is 15.8 Å². The van der Waals surface area contributed by atoms with Crippen LogP contribution < -0.4 is 11.1 Å². The molecule has 1 aliphatic rings. The fourth-order valence-electron chi connectivity index (χ4n) is 2.23. The van der Waals surface area contributed by atoms with E-state index < -0.39 is 17.3 Å². The summed E-state index contributed by atoms with van der Waals surface area (Å²) in [6.07, 6.45) is 2.83. The molecule has 0 spiro atoms. The molecule has 1 saturated carbocycles. The van der Waals surface area contributed by atoms with Gasteiger partial charge in [0.2, 0.25) is 5.91 Å². The van der Waals surface area contributed by atoms with E-state index in [0.29, 0.717) is 0 Å². The minimum absolute atomic E-state index is 0.0134. The normalized spacial score (nSPS) is 16.1. The Morgan fingerprint density at radius 3 is 2.70 bits per heavy atom. The van der Waals surface area contributed by atoms with E-state index >= 15 is 0 Å². The van der Waals surface area contributed by atoms with Gasteiger partial charge in [-0.25, -0.2) is 9.18 Å². The fourth-order valence-corrected chi connectivity index (χ4v) is 2.23. The molecule has 20 heavy (non-hydrogen) atoms. The minimum atomic E-state index is -0.703. The van der Waals surface area contributed by atoms with Crippen molar-refractivity contribution in [3.05, 3.63) is 29.6 Å². The van der Waals surface area contributed by atoms with Crippen LogP contribution in [0.15, 0.2) is 18.2 Å². The number of halogens is 1. The first-order valence-corrected chi connectivity index (χ1v) is 6.40. The van der Waals surface area contributed by atoms with Crippen LogP contribution in [-0.2, 0) is 9.53 Å². The molecule has 5 nitrogen and oxygen atoms in total. The number of rotatable bonds is 4. The van der Waals surface area contributed by atoms with E-state index in [4.69, 9.17) is 5.73 Å². The molecule has 0 bridgehead atoms. The number of carbonyl (C=O) groups excluding carboxylic acids is 2. The highest BCUT2D eigenvalue weighted by molar-refractivity contribution is 6.01. The summed E-state index contributed by atoms with van der Waals surface area (Å²) in [5.41, 5.74) is 5.76. The van der Waals surface area contributed by atoms with E-state index in [0.717, 1.165) is 25.3 Å². The highest BCUT2D eigenvalue weighted by Crippen LogP contribution is 2.32. The largest absolute Gasteiger partial charge is 0.465 e. The summed E-state index contributed by atoms with van der Waals surface area (Å²) in [7, 11) is 1.20. The summed E-state index contributed by atoms with van der Waals surface area (Å²) in [6.45, 7) is 0. The number of nitrogens with one attached hydrogen (secondary N) is 1. The molecule has 1 amide bonds. The number of amides is 1. The quantitative estimate of drug-likeness (QED) is 0.824. The Balaban J connectivity index is 2.12. The molecule has 0 aromatic heterocycles. The van der Waals surface area contributed by atoms with Gasteiger partial charge in [0, 0.05) is 12.0 Å². The molecule has 0 aliphatic heterocycles. The molecule has 0 saturated heterocycles. The van der Waals surface area contributed by atoms with Crippen molar-refractivity contribution in [1.82, 2.24) is 0 Å². The number of nitrogens with two attached hydrogens (primary N) is 1. The number of ether oxygens (including phenoxy) is 1. The molecule has 1 aliphatic carbocycles. The first-order chi connectivity index (χ1) is 9.43. The summed E-state index contributed by atoms with van der Waals surface area (Å²) >= 11 is 0. The van der Waals surface area contributed by atoms with Crippen molar-refractivity contribution in [2.75, 3.05) is 12.4 Å². The first-order valence-electron chi connectivity index (χ1n) is 6.40. The van der Waals surface area contributed by atoms with Crippen LogP contribution in [0.25, 0.3) is 0 Å². The van der Waals surface area contributed by atoms with Crippen LogP contribution in [0, 0.1) is 5.82 Å². The average molecular weight is 280 g/mol. The van der Waals surface area contributed by atoms with Gasteiger partial charge in [-0.05, 0) is 37.5 Å². The maximum absolute atomic E-state index is 13.2. The van der Waals surface area contributed by atoms with E-state index in [2.05, 4.69) is 10.1 Å². The lowest BCUT2D eigenvalue weighted by molar-refractivity contribution is -0.118. The van der Waals surface area contributed by atoms with Gasteiger partial charge in [-0.2, -0.15) is 0 Å². The van der Waals surface area contributed by atoms with Gasteiger partial charge in [-0.3, -0.25) is 4.79 Å². The number of benzene rings is 1. The molecular weight excluding hydrogens is 263 g/mol. The van der Waals surface area contributed by atoms with Gasteiger partial charge >= 0.3 is 5.97 Å². The molecule has 0 radical (unpaired) electrons. The average Bonchev–Trinajstić information content (AvgIpc) is 2.38. The lowest BCUT2D eigenvalue weighted by Gasteiger charge is -2.37. The van der Waals surface area contributed by atoms with Gasteiger partial charge in [-0.15, -0.1) is 0 Å². The van der Waals surface area contributed by atoms with Crippen molar-refractivity contribution >= 4 is 17.6 Å². The van der Waals surface area contributed by atoms with Crippen molar-refractivity contribution in [2.45, 2.75) is 31.2 Å². The van der Waals surface area contributed by atoms with Crippen LogP contribution in [0.1, 0.15) is 36.0 Å². The van der Waals surface area contributed by atoms with E-state index in [-0.39, 0.29) is 23.6 Å². The lowest BCUT2D eigenvalue weighted by Crippen LogP contribution is -2.49. The molecule has 2 rings (SSSR count). The van der Waals surface area contributed by atoms with E-state index in [9.17, 15) is 14.0 Å². The number of hydrogen-bond donors (Lipinski definition) is 2. The smallest absolute Gasteiger partial charge is 0.340 e. The van der Waals surface area contributed by atoms with Crippen molar-refractivity contribution in [2.24, 2.45) is 5.73 Å². The fraction of sp³-hybridized carbons (Fsp3) is 0.429. The van der Waals surface area contributed by atoms with Crippen molar-refractivity contribution in [3.63, 3.8) is 0 Å². The summed E-state index contributed by atoms with van der Waals surface area (Å²) in [4.78, 5) is 23.5. The molecule has 1 aromatic carbocycles. The van der Waals surface area contributed by atoms with Gasteiger partial charge in [0.1, 0.15) is 5.82 Å². The standard InChI is InChI=1S/C14H17FN2O3/c1-20-13(19)10-7-9(15)3-4-11(10)17-12(18)8-14(16)5-2-6-14/h3-4,7H,2,5-6,8,16H2,1H3,(H,17,18). The van der Waals surface area contributed by atoms with E-state index in [1.807, 2.05) is 0 Å². The molecule has 0 heterocycles. The summed E-state index contributed by atoms with van der Waals surface area (Å²) in [5, 5.41) is 2.59. The van der Waals surface area contributed by atoms with Gasteiger partial charge in [0.15, 0.2) is 0 Å². The van der Waals surface area contributed by atoms with Crippen LogP contribution in [0.4, 0.5) is 10.1 Å². The Morgan fingerprint density at radius 1 is 1.45 bits per heavy atom.